The molecule has 1 aliphatic heterocycles. The third-order valence-corrected chi connectivity index (χ3v) is 5.03. The minimum atomic E-state index is -0.460. The van der Waals surface area contributed by atoms with E-state index in [1.807, 2.05) is 32.0 Å². The maximum Gasteiger partial charge on any atom is 0.253 e. The highest BCUT2D eigenvalue weighted by atomic mass is 19.1. The summed E-state index contributed by atoms with van der Waals surface area (Å²) in [5, 5.41) is 12.5. The van der Waals surface area contributed by atoms with Crippen molar-refractivity contribution >= 4 is 17.5 Å². The number of carbonyl (C=O) groups is 2. The molecule has 2 aromatic carbocycles. The number of aryl methyl sites for hydroxylation is 2. The first-order chi connectivity index (χ1) is 14.4. The highest BCUT2D eigenvalue weighted by molar-refractivity contribution is 6.07. The zero-order chi connectivity index (χ0) is 21.3. The van der Waals surface area contributed by atoms with E-state index in [0.29, 0.717) is 28.5 Å². The van der Waals surface area contributed by atoms with Crippen molar-refractivity contribution in [3.8, 4) is 11.4 Å². The molecule has 3 aromatic rings. The van der Waals surface area contributed by atoms with E-state index in [4.69, 9.17) is 0 Å². The van der Waals surface area contributed by atoms with E-state index in [9.17, 15) is 14.0 Å². The van der Waals surface area contributed by atoms with Crippen LogP contribution in [0.5, 0.6) is 0 Å². The van der Waals surface area contributed by atoms with Gasteiger partial charge in [-0.1, -0.05) is 24.3 Å². The summed E-state index contributed by atoms with van der Waals surface area (Å²) in [6.45, 7) is 3.70. The van der Waals surface area contributed by atoms with Crippen LogP contribution in [-0.2, 0) is 9.59 Å². The van der Waals surface area contributed by atoms with Crippen molar-refractivity contribution in [3.05, 3.63) is 77.0 Å². The Hall–Kier alpha value is -3.81. The molecule has 1 atom stereocenters. The summed E-state index contributed by atoms with van der Waals surface area (Å²) in [4.78, 5) is 29.3. The van der Waals surface area contributed by atoms with E-state index < -0.39 is 5.92 Å². The minimum absolute atomic E-state index is 0.111. The van der Waals surface area contributed by atoms with Crippen LogP contribution in [0, 0.1) is 19.7 Å². The van der Waals surface area contributed by atoms with Gasteiger partial charge in [-0.05, 0) is 43.2 Å². The Morgan fingerprint density at radius 2 is 1.93 bits per heavy atom. The van der Waals surface area contributed by atoms with Crippen LogP contribution in [0.3, 0.4) is 0 Å². The number of hydrogen-bond acceptors (Lipinski definition) is 4. The van der Waals surface area contributed by atoms with Crippen LogP contribution in [-0.4, -0.2) is 27.0 Å². The summed E-state index contributed by atoms with van der Waals surface area (Å²) in [6, 6.07) is 11.4. The molecule has 30 heavy (non-hydrogen) atoms. The fraction of sp³-hybridized carbons (Fsp3) is 0.182. The van der Waals surface area contributed by atoms with Gasteiger partial charge in [0, 0.05) is 35.4 Å². The first-order valence-electron chi connectivity index (χ1n) is 9.47. The van der Waals surface area contributed by atoms with Crippen LogP contribution in [0.25, 0.3) is 11.4 Å². The second-order valence-corrected chi connectivity index (χ2v) is 7.20. The van der Waals surface area contributed by atoms with Gasteiger partial charge in [0.15, 0.2) is 5.82 Å². The minimum Gasteiger partial charge on any atom is -0.332 e. The summed E-state index contributed by atoms with van der Waals surface area (Å²) < 4.78 is 13.3. The van der Waals surface area contributed by atoms with E-state index in [0.717, 1.165) is 11.1 Å². The molecule has 3 N–H and O–H groups in total. The van der Waals surface area contributed by atoms with Crippen LogP contribution in [0.15, 0.2) is 54.2 Å². The topological polar surface area (TPSA) is 99.8 Å². The van der Waals surface area contributed by atoms with E-state index in [-0.39, 0.29) is 24.1 Å². The molecular weight excluding hydrogens is 385 g/mol. The lowest BCUT2D eigenvalue weighted by Gasteiger charge is -2.24. The van der Waals surface area contributed by atoms with Gasteiger partial charge in [0.1, 0.15) is 11.6 Å². The second kappa shape index (κ2) is 7.90. The molecule has 1 aromatic heterocycles. The van der Waals surface area contributed by atoms with Gasteiger partial charge in [0.05, 0.1) is 0 Å². The highest BCUT2D eigenvalue weighted by Gasteiger charge is 2.29. The van der Waals surface area contributed by atoms with Crippen molar-refractivity contribution in [2.24, 2.45) is 0 Å². The van der Waals surface area contributed by atoms with Crippen molar-refractivity contribution in [2.75, 3.05) is 5.32 Å². The first kappa shape index (κ1) is 19.5. The van der Waals surface area contributed by atoms with Crippen LogP contribution in [0.2, 0.25) is 0 Å². The Morgan fingerprint density at radius 1 is 1.17 bits per heavy atom. The number of nitrogens with one attached hydrogen (secondary N) is 3. The van der Waals surface area contributed by atoms with E-state index in [2.05, 4.69) is 25.8 Å². The predicted molar refractivity (Wildman–Crippen MR) is 110 cm³/mol. The molecule has 0 aliphatic carbocycles. The average molecular weight is 405 g/mol. The monoisotopic (exact) mass is 405 g/mol. The number of benzene rings is 2. The van der Waals surface area contributed by atoms with E-state index in [1.165, 1.54) is 18.3 Å². The number of nitrogens with zero attached hydrogens (tertiary/aromatic N) is 2. The van der Waals surface area contributed by atoms with Gasteiger partial charge in [0.2, 0.25) is 5.91 Å². The van der Waals surface area contributed by atoms with Gasteiger partial charge < -0.3 is 10.6 Å². The molecule has 7 nitrogen and oxygen atoms in total. The van der Waals surface area contributed by atoms with E-state index in [1.54, 1.807) is 12.1 Å². The average Bonchev–Trinajstić information content (AvgIpc) is 3.16. The summed E-state index contributed by atoms with van der Waals surface area (Å²) in [5.74, 6) is -0.130. The number of aromatic nitrogens is 3. The number of aromatic amines is 1. The van der Waals surface area contributed by atoms with Crippen LogP contribution in [0.4, 0.5) is 10.1 Å². The van der Waals surface area contributed by atoms with Crippen LogP contribution < -0.4 is 10.6 Å². The SMILES string of the molecule is Cc1nc(-c2ccc(C)c(NC(=O)C3=CNC(=O)C[C@H]3c3ccc(F)cc3)c2)n[nH]1. The Balaban J connectivity index is 1.62. The molecular formula is C22H20FN5O2. The summed E-state index contributed by atoms with van der Waals surface area (Å²) in [6.07, 6.45) is 1.54. The molecule has 152 valence electrons. The van der Waals surface area contributed by atoms with Crippen molar-refractivity contribution < 1.29 is 14.0 Å². The van der Waals surface area contributed by atoms with Gasteiger partial charge in [-0.15, -0.1) is 0 Å². The number of anilines is 1. The third-order valence-electron chi connectivity index (χ3n) is 5.03. The summed E-state index contributed by atoms with van der Waals surface area (Å²) >= 11 is 0. The Labute approximate surface area is 172 Å². The standard InChI is InChI=1S/C22H20FN5O2/c1-12-3-4-15(21-25-13(2)27-28-21)9-19(12)26-22(30)18-11-24-20(29)10-17(18)14-5-7-16(23)8-6-14/h3-9,11,17H,10H2,1-2H3,(H,24,29)(H,26,30)(H,25,27,28)/t17-/m0/s1. The number of halogens is 1. The Kier molecular flexibility index (Phi) is 5.14. The Morgan fingerprint density at radius 3 is 2.63 bits per heavy atom. The molecule has 0 fully saturated rings. The lowest BCUT2D eigenvalue weighted by Crippen LogP contribution is -2.32. The molecule has 0 unspecified atom stereocenters. The smallest absolute Gasteiger partial charge is 0.253 e. The molecule has 2 amide bonds. The number of carbonyl (C=O) groups excluding carboxylic acids is 2. The molecule has 0 bridgehead atoms. The number of H-pyrrole nitrogens is 1. The number of amides is 2. The maximum absolute atomic E-state index is 13.3. The van der Waals surface area contributed by atoms with Gasteiger partial charge >= 0.3 is 0 Å². The molecule has 2 heterocycles. The van der Waals surface area contributed by atoms with Gasteiger partial charge in [-0.3, -0.25) is 14.7 Å². The van der Waals surface area contributed by atoms with Crippen LogP contribution >= 0.6 is 0 Å². The zero-order valence-corrected chi connectivity index (χ0v) is 16.5. The van der Waals surface area contributed by atoms with Gasteiger partial charge in [-0.2, -0.15) is 5.10 Å². The highest BCUT2D eigenvalue weighted by Crippen LogP contribution is 2.32. The quantitative estimate of drug-likeness (QED) is 0.620. The van der Waals surface area contributed by atoms with Crippen LogP contribution in [0.1, 0.15) is 29.3 Å². The maximum atomic E-state index is 13.3. The molecule has 1 aliphatic rings. The molecule has 0 saturated heterocycles. The van der Waals surface area contributed by atoms with Crippen molar-refractivity contribution in [2.45, 2.75) is 26.2 Å². The van der Waals surface area contributed by atoms with E-state index >= 15 is 0 Å². The predicted octanol–water partition coefficient (Wildman–Crippen LogP) is 3.35. The molecule has 0 radical (unpaired) electrons. The lowest BCUT2D eigenvalue weighted by molar-refractivity contribution is -0.121. The number of hydrogen-bond donors (Lipinski definition) is 3. The van der Waals surface area contributed by atoms with Crippen molar-refractivity contribution in [3.63, 3.8) is 0 Å². The first-order valence-corrected chi connectivity index (χ1v) is 9.47. The summed E-state index contributed by atoms with van der Waals surface area (Å²) in [5.41, 5.74) is 3.36. The number of rotatable bonds is 4. The zero-order valence-electron chi connectivity index (χ0n) is 16.5. The molecule has 0 saturated carbocycles. The lowest BCUT2D eigenvalue weighted by atomic mass is 9.86. The Bertz CT molecular complexity index is 1150. The third kappa shape index (κ3) is 3.98. The second-order valence-electron chi connectivity index (χ2n) is 7.20. The van der Waals surface area contributed by atoms with Crippen molar-refractivity contribution in [1.82, 2.24) is 20.5 Å². The largest absolute Gasteiger partial charge is 0.332 e. The molecule has 4 rings (SSSR count). The van der Waals surface area contributed by atoms with Gasteiger partial charge in [0.25, 0.3) is 5.91 Å². The van der Waals surface area contributed by atoms with Gasteiger partial charge in [-0.25, -0.2) is 9.37 Å². The fourth-order valence-corrected chi connectivity index (χ4v) is 3.39. The van der Waals surface area contributed by atoms with Crippen molar-refractivity contribution in [1.29, 1.82) is 0 Å². The molecule has 0 spiro atoms. The fourth-order valence-electron chi connectivity index (χ4n) is 3.39. The summed E-state index contributed by atoms with van der Waals surface area (Å²) in [7, 11) is 0. The normalized spacial score (nSPS) is 16.0. The molecule has 8 heteroatoms.